The lowest BCUT2D eigenvalue weighted by Crippen LogP contribution is -2.22. The Bertz CT molecular complexity index is 726. The lowest BCUT2D eigenvalue weighted by Gasteiger charge is -2.06. The molecular formula is C15H14N2OS. The number of hydrogen-bond donors (Lipinski definition) is 2. The monoisotopic (exact) mass is 270 g/mol. The first-order valence-corrected chi connectivity index (χ1v) is 7.01. The third-order valence-corrected chi connectivity index (χ3v) is 4.24. The number of thiophene rings is 1. The van der Waals surface area contributed by atoms with Gasteiger partial charge in [-0.25, -0.2) is 0 Å². The number of benzene rings is 1. The smallest absolute Gasteiger partial charge is 0.252 e. The number of carbonyl (C=O) groups excluding carboxylic acids is 1. The molecule has 0 saturated heterocycles. The van der Waals surface area contributed by atoms with Crippen molar-refractivity contribution in [3.05, 3.63) is 57.9 Å². The van der Waals surface area contributed by atoms with E-state index in [1.807, 2.05) is 35.8 Å². The van der Waals surface area contributed by atoms with Crippen LogP contribution in [0.4, 0.5) is 0 Å². The second kappa shape index (κ2) is 4.90. The normalized spacial score (nSPS) is 10.8. The quantitative estimate of drug-likeness (QED) is 0.752. The van der Waals surface area contributed by atoms with Crippen molar-refractivity contribution < 1.29 is 4.79 Å². The van der Waals surface area contributed by atoms with Gasteiger partial charge in [0, 0.05) is 27.5 Å². The molecule has 4 heteroatoms. The Morgan fingerprint density at radius 3 is 3.00 bits per heavy atom. The molecule has 2 heterocycles. The summed E-state index contributed by atoms with van der Waals surface area (Å²) in [5, 5.41) is 5.99. The summed E-state index contributed by atoms with van der Waals surface area (Å²) >= 11 is 1.67. The molecule has 0 aliphatic heterocycles. The first-order valence-electron chi connectivity index (χ1n) is 6.13. The van der Waals surface area contributed by atoms with Gasteiger partial charge >= 0.3 is 0 Å². The highest BCUT2D eigenvalue weighted by Crippen LogP contribution is 2.18. The summed E-state index contributed by atoms with van der Waals surface area (Å²) in [6, 6.07) is 9.71. The van der Waals surface area contributed by atoms with Crippen molar-refractivity contribution in [2.45, 2.75) is 13.5 Å². The number of H-pyrrole nitrogens is 1. The van der Waals surface area contributed by atoms with Crippen LogP contribution >= 0.6 is 11.3 Å². The maximum atomic E-state index is 12.2. The Morgan fingerprint density at radius 2 is 2.21 bits per heavy atom. The van der Waals surface area contributed by atoms with Crippen molar-refractivity contribution in [3.8, 4) is 0 Å². The largest absolute Gasteiger partial charge is 0.361 e. The molecule has 19 heavy (non-hydrogen) atoms. The number of aromatic nitrogens is 1. The van der Waals surface area contributed by atoms with E-state index in [1.165, 1.54) is 10.4 Å². The molecule has 0 bridgehead atoms. The van der Waals surface area contributed by atoms with Gasteiger partial charge in [-0.05, 0) is 42.1 Å². The molecule has 0 fully saturated rings. The van der Waals surface area contributed by atoms with E-state index in [2.05, 4.69) is 23.3 Å². The van der Waals surface area contributed by atoms with E-state index in [0.29, 0.717) is 12.1 Å². The summed E-state index contributed by atoms with van der Waals surface area (Å²) < 4.78 is 0. The fourth-order valence-electron chi connectivity index (χ4n) is 2.12. The van der Waals surface area contributed by atoms with Crippen LogP contribution in [0.3, 0.4) is 0 Å². The van der Waals surface area contributed by atoms with Crippen LogP contribution in [0.2, 0.25) is 0 Å². The van der Waals surface area contributed by atoms with Crippen molar-refractivity contribution >= 4 is 28.1 Å². The van der Waals surface area contributed by atoms with E-state index < -0.39 is 0 Å². The molecule has 1 amide bonds. The average molecular weight is 270 g/mol. The summed E-state index contributed by atoms with van der Waals surface area (Å²) in [6.45, 7) is 2.65. The highest BCUT2D eigenvalue weighted by molar-refractivity contribution is 7.10. The van der Waals surface area contributed by atoms with Gasteiger partial charge in [-0.3, -0.25) is 4.79 Å². The minimum absolute atomic E-state index is 0.0296. The van der Waals surface area contributed by atoms with Crippen molar-refractivity contribution in [1.29, 1.82) is 0 Å². The molecule has 0 aliphatic rings. The molecule has 1 aromatic carbocycles. The van der Waals surface area contributed by atoms with Gasteiger partial charge in [-0.2, -0.15) is 0 Å². The number of rotatable bonds is 3. The van der Waals surface area contributed by atoms with E-state index in [0.717, 1.165) is 10.9 Å². The molecule has 0 aliphatic carbocycles. The fourth-order valence-corrected chi connectivity index (χ4v) is 2.97. The molecule has 96 valence electrons. The third kappa shape index (κ3) is 2.27. The van der Waals surface area contributed by atoms with Crippen molar-refractivity contribution in [2.75, 3.05) is 0 Å². The van der Waals surface area contributed by atoms with Gasteiger partial charge in [-0.15, -0.1) is 11.3 Å². The Balaban J connectivity index is 1.81. The first-order chi connectivity index (χ1) is 9.25. The van der Waals surface area contributed by atoms with Crippen LogP contribution < -0.4 is 5.32 Å². The van der Waals surface area contributed by atoms with Crippen LogP contribution in [0.25, 0.3) is 10.9 Å². The van der Waals surface area contributed by atoms with E-state index in [1.54, 1.807) is 11.3 Å². The van der Waals surface area contributed by atoms with Crippen molar-refractivity contribution in [1.82, 2.24) is 10.3 Å². The van der Waals surface area contributed by atoms with Gasteiger partial charge in [0.1, 0.15) is 0 Å². The lowest BCUT2D eigenvalue weighted by molar-refractivity contribution is 0.0953. The van der Waals surface area contributed by atoms with Crippen LogP contribution in [0.5, 0.6) is 0 Å². The molecule has 0 radical (unpaired) electrons. The summed E-state index contributed by atoms with van der Waals surface area (Å²) in [7, 11) is 0. The topological polar surface area (TPSA) is 44.9 Å². The lowest BCUT2D eigenvalue weighted by atomic mass is 10.1. The van der Waals surface area contributed by atoms with Gasteiger partial charge in [0.15, 0.2) is 0 Å². The zero-order valence-corrected chi connectivity index (χ0v) is 11.4. The van der Waals surface area contributed by atoms with Crippen LogP contribution in [-0.4, -0.2) is 10.9 Å². The number of fused-ring (bicyclic) bond motifs is 1. The standard InChI is InChI=1S/C15H14N2OS/c1-10-6-8-19-14(10)9-17-15(18)12-3-2-4-13-11(12)5-7-16-13/h2-8,16H,9H2,1H3,(H,17,18). The van der Waals surface area contributed by atoms with Gasteiger partial charge in [-0.1, -0.05) is 6.07 Å². The van der Waals surface area contributed by atoms with E-state index >= 15 is 0 Å². The van der Waals surface area contributed by atoms with Gasteiger partial charge in [0.25, 0.3) is 5.91 Å². The summed E-state index contributed by atoms with van der Waals surface area (Å²) in [5.41, 5.74) is 2.93. The molecule has 2 aromatic heterocycles. The van der Waals surface area contributed by atoms with Crippen molar-refractivity contribution in [3.63, 3.8) is 0 Å². The maximum Gasteiger partial charge on any atom is 0.252 e. The number of nitrogens with one attached hydrogen (secondary N) is 2. The SMILES string of the molecule is Cc1ccsc1CNC(=O)c1cccc2[nH]ccc12. The fraction of sp³-hybridized carbons (Fsp3) is 0.133. The van der Waals surface area contributed by atoms with Crippen LogP contribution in [0.1, 0.15) is 20.8 Å². The molecule has 0 unspecified atom stereocenters. The Kier molecular flexibility index (Phi) is 3.09. The van der Waals surface area contributed by atoms with Crippen LogP contribution in [0, 0.1) is 6.92 Å². The molecule has 3 nitrogen and oxygen atoms in total. The molecule has 2 N–H and O–H groups in total. The summed E-state index contributed by atoms with van der Waals surface area (Å²) in [6.07, 6.45) is 1.85. The van der Waals surface area contributed by atoms with Crippen LogP contribution in [0.15, 0.2) is 41.9 Å². The number of amides is 1. The molecule has 3 aromatic rings. The van der Waals surface area contributed by atoms with Gasteiger partial charge in [0.05, 0.1) is 6.54 Å². The van der Waals surface area contributed by atoms with Crippen molar-refractivity contribution in [2.24, 2.45) is 0 Å². The second-order valence-electron chi connectivity index (χ2n) is 4.45. The van der Waals surface area contributed by atoms with E-state index in [4.69, 9.17) is 0 Å². The van der Waals surface area contributed by atoms with E-state index in [-0.39, 0.29) is 5.91 Å². The molecular weight excluding hydrogens is 256 g/mol. The van der Waals surface area contributed by atoms with Gasteiger partial charge < -0.3 is 10.3 Å². The molecule has 0 saturated carbocycles. The predicted octanol–water partition coefficient (Wildman–Crippen LogP) is 3.47. The van der Waals surface area contributed by atoms with Crippen LogP contribution in [-0.2, 0) is 6.54 Å². The number of hydrogen-bond acceptors (Lipinski definition) is 2. The second-order valence-corrected chi connectivity index (χ2v) is 5.45. The summed E-state index contributed by atoms with van der Waals surface area (Å²) in [5.74, 6) is -0.0296. The third-order valence-electron chi connectivity index (χ3n) is 3.22. The number of carbonyl (C=O) groups is 1. The first kappa shape index (κ1) is 12.0. The predicted molar refractivity (Wildman–Crippen MR) is 78.5 cm³/mol. The Labute approximate surface area is 115 Å². The molecule has 3 rings (SSSR count). The average Bonchev–Trinajstić information content (AvgIpc) is 3.04. The minimum Gasteiger partial charge on any atom is -0.361 e. The summed E-state index contributed by atoms with van der Waals surface area (Å²) in [4.78, 5) is 16.6. The Hall–Kier alpha value is -2.07. The number of aryl methyl sites for hydroxylation is 1. The zero-order valence-electron chi connectivity index (χ0n) is 10.6. The van der Waals surface area contributed by atoms with E-state index in [9.17, 15) is 4.79 Å². The minimum atomic E-state index is -0.0296. The number of aromatic amines is 1. The highest BCUT2D eigenvalue weighted by Gasteiger charge is 2.10. The highest BCUT2D eigenvalue weighted by atomic mass is 32.1. The molecule has 0 spiro atoms. The molecule has 0 atom stereocenters. The Morgan fingerprint density at radius 1 is 1.32 bits per heavy atom. The zero-order chi connectivity index (χ0) is 13.2. The van der Waals surface area contributed by atoms with Gasteiger partial charge in [0.2, 0.25) is 0 Å². The maximum absolute atomic E-state index is 12.2.